The number of alkyl halides is 1. The van der Waals surface area contributed by atoms with Crippen molar-refractivity contribution in [3.63, 3.8) is 0 Å². The van der Waals surface area contributed by atoms with Gasteiger partial charge in [-0.05, 0) is 24.6 Å². The van der Waals surface area contributed by atoms with Crippen LogP contribution in [0.3, 0.4) is 0 Å². The second-order valence-corrected chi connectivity index (χ2v) is 5.35. The van der Waals surface area contributed by atoms with E-state index in [1.807, 2.05) is 0 Å². The molecule has 8 heteroatoms. The van der Waals surface area contributed by atoms with E-state index in [0.717, 1.165) is 0 Å². The van der Waals surface area contributed by atoms with Crippen LogP contribution in [0.2, 0.25) is 0 Å². The first-order chi connectivity index (χ1) is 11.3. The maximum absolute atomic E-state index is 14.1. The predicted molar refractivity (Wildman–Crippen MR) is 81.8 cm³/mol. The Balaban J connectivity index is 1.90. The summed E-state index contributed by atoms with van der Waals surface area (Å²) in [5.74, 6) is -2.41. The third-order valence-corrected chi connectivity index (χ3v) is 3.47. The number of amides is 2. The lowest BCUT2D eigenvalue weighted by Crippen LogP contribution is -2.72. The molecule has 1 heterocycles. The van der Waals surface area contributed by atoms with Gasteiger partial charge in [0.25, 0.3) is 11.8 Å². The molecule has 0 aliphatic carbocycles. The third kappa shape index (κ3) is 3.53. The number of para-hydroxylation sites is 1. The molecule has 1 aliphatic rings. The zero-order chi connectivity index (χ0) is 17.9. The number of hydrogen-bond acceptors (Lipinski definition) is 4. The van der Waals surface area contributed by atoms with Crippen LogP contribution in [-0.2, 0) is 14.4 Å². The van der Waals surface area contributed by atoms with Crippen molar-refractivity contribution in [1.82, 2.24) is 10.2 Å². The fourth-order valence-electron chi connectivity index (χ4n) is 2.33. The van der Waals surface area contributed by atoms with Crippen LogP contribution < -0.4 is 10.1 Å². The third-order valence-electron chi connectivity index (χ3n) is 3.47. The van der Waals surface area contributed by atoms with E-state index in [2.05, 4.69) is 11.9 Å². The quantitative estimate of drug-likeness (QED) is 0.434. The zero-order valence-corrected chi connectivity index (χ0v) is 12.9. The molecule has 1 fully saturated rings. The first kappa shape index (κ1) is 17.5. The van der Waals surface area contributed by atoms with Crippen LogP contribution in [0, 0.1) is 0 Å². The zero-order valence-electron chi connectivity index (χ0n) is 12.9. The highest BCUT2D eigenvalue weighted by Gasteiger charge is 2.53. The highest BCUT2D eigenvalue weighted by molar-refractivity contribution is 5.96. The molecule has 0 saturated carbocycles. The molecule has 2 rings (SSSR count). The Kier molecular flexibility index (Phi) is 5.18. The summed E-state index contributed by atoms with van der Waals surface area (Å²) in [6.07, 6.45) is -1.93. The molecule has 2 amide bonds. The van der Waals surface area contributed by atoms with E-state index in [1.54, 1.807) is 30.3 Å². The molecule has 1 saturated heterocycles. The van der Waals surface area contributed by atoms with Crippen LogP contribution in [0.25, 0.3) is 0 Å². The SMILES string of the molecule is C=C(C)C(C(=O)O)N1C(=O)C(NC(=O)COc2ccccc2)C1F. The summed E-state index contributed by atoms with van der Waals surface area (Å²) in [6, 6.07) is 5.64. The van der Waals surface area contributed by atoms with Crippen LogP contribution in [0.15, 0.2) is 42.5 Å². The molecule has 0 bridgehead atoms. The van der Waals surface area contributed by atoms with Gasteiger partial charge in [-0.2, -0.15) is 0 Å². The van der Waals surface area contributed by atoms with Gasteiger partial charge in [-0.1, -0.05) is 24.8 Å². The van der Waals surface area contributed by atoms with Gasteiger partial charge in [0.2, 0.25) is 6.30 Å². The number of rotatable bonds is 7. The number of carbonyl (C=O) groups excluding carboxylic acids is 2. The van der Waals surface area contributed by atoms with Crippen molar-refractivity contribution in [2.45, 2.75) is 25.3 Å². The summed E-state index contributed by atoms with van der Waals surface area (Å²) in [4.78, 5) is 35.4. The summed E-state index contributed by atoms with van der Waals surface area (Å²) in [7, 11) is 0. The highest BCUT2D eigenvalue weighted by Crippen LogP contribution is 2.27. The number of carboxylic acid groups (broad SMARTS) is 1. The molecule has 0 spiro atoms. The van der Waals surface area contributed by atoms with Crippen molar-refractivity contribution in [1.29, 1.82) is 0 Å². The van der Waals surface area contributed by atoms with E-state index in [-0.39, 0.29) is 12.2 Å². The Morgan fingerprint density at radius 3 is 2.54 bits per heavy atom. The Hall–Kier alpha value is -2.90. The van der Waals surface area contributed by atoms with E-state index in [9.17, 15) is 18.8 Å². The maximum Gasteiger partial charge on any atom is 0.330 e. The lowest BCUT2D eigenvalue weighted by Gasteiger charge is -2.45. The van der Waals surface area contributed by atoms with Crippen LogP contribution in [0.4, 0.5) is 4.39 Å². The number of hydrogen-bond donors (Lipinski definition) is 2. The van der Waals surface area contributed by atoms with Crippen LogP contribution in [0.1, 0.15) is 6.92 Å². The molecular formula is C16H17FN2O5. The first-order valence-electron chi connectivity index (χ1n) is 7.14. The summed E-state index contributed by atoms with van der Waals surface area (Å²) < 4.78 is 19.3. The molecule has 1 aliphatic heterocycles. The van der Waals surface area contributed by atoms with Gasteiger partial charge in [-0.15, -0.1) is 0 Å². The van der Waals surface area contributed by atoms with E-state index in [1.165, 1.54) is 6.92 Å². The van der Waals surface area contributed by atoms with Gasteiger partial charge >= 0.3 is 5.97 Å². The second-order valence-electron chi connectivity index (χ2n) is 5.35. The molecule has 0 radical (unpaired) electrons. The van der Waals surface area contributed by atoms with Crippen LogP contribution in [-0.4, -0.2) is 52.8 Å². The summed E-state index contributed by atoms with van der Waals surface area (Å²) >= 11 is 0. The van der Waals surface area contributed by atoms with Crippen molar-refractivity contribution < 1.29 is 28.6 Å². The van der Waals surface area contributed by atoms with E-state index in [4.69, 9.17) is 9.84 Å². The van der Waals surface area contributed by atoms with Crippen LogP contribution >= 0.6 is 0 Å². The molecule has 7 nitrogen and oxygen atoms in total. The topological polar surface area (TPSA) is 95.9 Å². The van der Waals surface area contributed by atoms with Crippen molar-refractivity contribution in [2.75, 3.05) is 6.61 Å². The molecule has 3 unspecified atom stereocenters. The van der Waals surface area contributed by atoms with Crippen molar-refractivity contribution >= 4 is 17.8 Å². The first-order valence-corrected chi connectivity index (χ1v) is 7.14. The maximum atomic E-state index is 14.1. The second kappa shape index (κ2) is 7.12. The number of ether oxygens (including phenoxy) is 1. The van der Waals surface area contributed by atoms with E-state index in [0.29, 0.717) is 10.6 Å². The Labute approximate surface area is 137 Å². The summed E-state index contributed by atoms with van der Waals surface area (Å²) in [5, 5.41) is 11.3. The number of β-lactam (4-membered cyclic amide) rings is 1. The van der Waals surface area contributed by atoms with Crippen molar-refractivity contribution in [3.8, 4) is 5.75 Å². The van der Waals surface area contributed by atoms with Gasteiger partial charge in [0.05, 0.1) is 0 Å². The largest absolute Gasteiger partial charge is 0.484 e. The molecule has 2 N–H and O–H groups in total. The van der Waals surface area contributed by atoms with E-state index >= 15 is 0 Å². The minimum atomic E-state index is -1.93. The van der Waals surface area contributed by atoms with Gasteiger partial charge in [0, 0.05) is 0 Å². The minimum Gasteiger partial charge on any atom is -0.484 e. The number of aliphatic carboxylic acids is 1. The fourth-order valence-corrected chi connectivity index (χ4v) is 2.33. The molecule has 1 aromatic carbocycles. The van der Waals surface area contributed by atoms with Gasteiger partial charge in [-0.3, -0.25) is 14.5 Å². The molecule has 1 aromatic rings. The monoisotopic (exact) mass is 336 g/mol. The fraction of sp³-hybridized carbons (Fsp3) is 0.312. The number of benzene rings is 1. The molecular weight excluding hydrogens is 319 g/mol. The Morgan fingerprint density at radius 1 is 1.42 bits per heavy atom. The smallest absolute Gasteiger partial charge is 0.330 e. The lowest BCUT2D eigenvalue weighted by molar-refractivity contribution is -0.174. The number of halogens is 1. The van der Waals surface area contributed by atoms with Gasteiger partial charge in [0.1, 0.15) is 5.75 Å². The highest BCUT2D eigenvalue weighted by atomic mass is 19.1. The lowest BCUT2D eigenvalue weighted by atomic mass is 9.98. The molecule has 24 heavy (non-hydrogen) atoms. The average molecular weight is 336 g/mol. The number of nitrogens with zero attached hydrogens (tertiary/aromatic N) is 1. The van der Waals surface area contributed by atoms with E-state index < -0.39 is 36.2 Å². The molecule has 0 aromatic heterocycles. The summed E-state index contributed by atoms with van der Waals surface area (Å²) in [5.41, 5.74) is 0.121. The standard InChI is InChI=1S/C16H17FN2O5/c1-9(2)13(16(22)23)19-14(17)12(15(19)21)18-11(20)8-24-10-6-4-3-5-7-10/h3-7,12-14H,1,8H2,2H3,(H,18,20)(H,22,23). The van der Waals surface area contributed by atoms with Gasteiger partial charge in [-0.25, -0.2) is 9.18 Å². The predicted octanol–water partition coefficient (Wildman–Crippen LogP) is 0.717. The van der Waals surface area contributed by atoms with Crippen LogP contribution in [0.5, 0.6) is 5.75 Å². The molecule has 3 atom stereocenters. The number of likely N-dealkylation sites (tertiary alicyclic amines) is 1. The Bertz CT molecular complexity index is 650. The number of carbonyl (C=O) groups is 3. The van der Waals surface area contributed by atoms with Crippen molar-refractivity contribution in [3.05, 3.63) is 42.5 Å². The number of carboxylic acids is 1. The Morgan fingerprint density at radius 2 is 2.04 bits per heavy atom. The average Bonchev–Trinajstić information content (AvgIpc) is 2.55. The van der Waals surface area contributed by atoms with Crippen molar-refractivity contribution in [2.24, 2.45) is 0 Å². The molecule has 128 valence electrons. The normalized spacial score (nSPS) is 20.8. The minimum absolute atomic E-state index is 0.121. The number of nitrogens with one attached hydrogen (secondary N) is 1. The van der Waals surface area contributed by atoms with Gasteiger partial charge in [0.15, 0.2) is 18.7 Å². The van der Waals surface area contributed by atoms with Gasteiger partial charge < -0.3 is 15.2 Å². The summed E-state index contributed by atoms with van der Waals surface area (Å²) in [6.45, 7) is 4.45.